The highest BCUT2D eigenvalue weighted by molar-refractivity contribution is 5.77. The maximum Gasteiger partial charge on any atom is 0.312 e. The van der Waals surface area contributed by atoms with Crippen LogP contribution in [0.15, 0.2) is 11.6 Å². The van der Waals surface area contributed by atoms with Crippen molar-refractivity contribution in [3.8, 4) is 0 Å². The molecule has 0 bridgehead atoms. The van der Waals surface area contributed by atoms with Gasteiger partial charge in [0.2, 0.25) is 0 Å². The molecule has 0 amide bonds. The second-order valence-corrected chi connectivity index (χ2v) is 15.0. The van der Waals surface area contributed by atoms with Crippen molar-refractivity contribution in [2.24, 2.45) is 50.2 Å². The minimum absolute atomic E-state index is 0.0314. The highest BCUT2D eigenvalue weighted by atomic mass is 16.4. The van der Waals surface area contributed by atoms with Crippen molar-refractivity contribution in [2.75, 3.05) is 0 Å². The molecule has 0 aromatic carbocycles. The van der Waals surface area contributed by atoms with Crippen LogP contribution in [0, 0.1) is 50.2 Å². The van der Waals surface area contributed by atoms with Gasteiger partial charge < -0.3 is 20.4 Å². The van der Waals surface area contributed by atoms with Crippen molar-refractivity contribution >= 4 is 11.9 Å². The Bertz CT molecular complexity index is 1020. The first kappa shape index (κ1) is 26.2. The van der Waals surface area contributed by atoms with E-state index in [2.05, 4.69) is 40.7 Å². The van der Waals surface area contributed by atoms with Crippen LogP contribution < -0.4 is 0 Å². The molecule has 0 saturated heterocycles. The number of allylic oxidation sites excluding steroid dienone is 2. The van der Waals surface area contributed by atoms with Crippen LogP contribution in [0.3, 0.4) is 0 Å². The number of aliphatic hydroxyl groups excluding tert-OH is 2. The van der Waals surface area contributed by atoms with Gasteiger partial charge in [0, 0.05) is 0 Å². The molecule has 4 N–H and O–H groups in total. The topological polar surface area (TPSA) is 115 Å². The van der Waals surface area contributed by atoms with Crippen molar-refractivity contribution in [3.05, 3.63) is 11.6 Å². The smallest absolute Gasteiger partial charge is 0.312 e. The summed E-state index contributed by atoms with van der Waals surface area (Å²) in [6.45, 7) is 13.0. The van der Waals surface area contributed by atoms with E-state index >= 15 is 0 Å². The van der Waals surface area contributed by atoms with Gasteiger partial charge in [-0.05, 0) is 104 Å². The van der Waals surface area contributed by atoms with Crippen molar-refractivity contribution in [2.45, 2.75) is 112 Å². The number of aliphatic carboxylic acids is 2. The summed E-state index contributed by atoms with van der Waals surface area (Å²) >= 11 is 0. The van der Waals surface area contributed by atoms with Crippen LogP contribution in [-0.2, 0) is 9.59 Å². The van der Waals surface area contributed by atoms with Crippen LogP contribution in [0.4, 0.5) is 0 Å². The Hall–Kier alpha value is -1.40. The molecular weight excluding hydrogens is 456 g/mol. The number of aliphatic hydroxyl groups is 2. The summed E-state index contributed by atoms with van der Waals surface area (Å²) in [5.41, 5.74) is -1.36. The highest BCUT2D eigenvalue weighted by Gasteiger charge is 2.71. The molecule has 10 atom stereocenters. The molecule has 0 aromatic heterocycles. The Labute approximate surface area is 215 Å². The molecular formula is C30H46O6. The molecule has 4 fully saturated rings. The molecule has 0 radical (unpaired) electrons. The SMILES string of the molecule is CC1(C)CC[C@]2(C(=O)O)CC[C@]3(C)C(=CC[C@@H]4[C@@]5(C)C[C@H](O)[C@H](O)C(C)(C(=O)O)C5CC[C@]43C)[C@H]2C1. The number of carboxylic acids is 2. The number of rotatable bonds is 2. The van der Waals surface area contributed by atoms with Crippen molar-refractivity contribution in [3.63, 3.8) is 0 Å². The normalized spacial score (nSPS) is 53.7. The van der Waals surface area contributed by atoms with Gasteiger partial charge >= 0.3 is 11.9 Å². The van der Waals surface area contributed by atoms with E-state index in [4.69, 9.17) is 0 Å². The van der Waals surface area contributed by atoms with Gasteiger partial charge in [0.15, 0.2) is 0 Å². The van der Waals surface area contributed by atoms with Gasteiger partial charge in [0.05, 0.1) is 23.0 Å². The summed E-state index contributed by atoms with van der Waals surface area (Å²) in [4.78, 5) is 25.3. The molecule has 36 heavy (non-hydrogen) atoms. The molecule has 0 aromatic rings. The highest BCUT2D eigenvalue weighted by Crippen LogP contribution is 2.75. The lowest BCUT2D eigenvalue weighted by Crippen LogP contribution is -2.68. The number of hydrogen-bond donors (Lipinski definition) is 4. The lowest BCUT2D eigenvalue weighted by Gasteiger charge is -2.71. The number of carboxylic acid groups (broad SMARTS) is 2. The number of hydrogen-bond acceptors (Lipinski definition) is 4. The van der Waals surface area contributed by atoms with Gasteiger partial charge in [-0.3, -0.25) is 9.59 Å². The van der Waals surface area contributed by atoms with Crippen LogP contribution in [0.2, 0.25) is 0 Å². The Kier molecular flexibility index (Phi) is 5.53. The first-order chi connectivity index (χ1) is 16.5. The zero-order chi connectivity index (χ0) is 26.7. The molecule has 2 unspecified atom stereocenters. The van der Waals surface area contributed by atoms with E-state index in [1.54, 1.807) is 6.92 Å². The van der Waals surface area contributed by atoms with Crippen LogP contribution in [-0.4, -0.2) is 44.6 Å². The molecule has 5 aliphatic carbocycles. The van der Waals surface area contributed by atoms with E-state index < -0.39 is 40.4 Å². The van der Waals surface area contributed by atoms with Crippen LogP contribution in [0.1, 0.15) is 99.3 Å². The molecule has 5 aliphatic rings. The monoisotopic (exact) mass is 502 g/mol. The van der Waals surface area contributed by atoms with E-state index in [-0.39, 0.29) is 34.0 Å². The summed E-state index contributed by atoms with van der Waals surface area (Å²) < 4.78 is 0. The summed E-state index contributed by atoms with van der Waals surface area (Å²) in [6, 6.07) is 0. The first-order valence-corrected chi connectivity index (χ1v) is 14.0. The van der Waals surface area contributed by atoms with E-state index in [0.717, 1.165) is 38.5 Å². The standard InChI is InChI=1S/C30H46O6/c1-25(2)11-13-30(24(35)36)14-12-27(4)17(18(30)15-25)7-8-20-26(3)16-19(31)22(32)29(6,23(33)34)21(26)9-10-28(20,27)5/h7,18-22,31-32H,8-16H2,1-6H3,(H,33,34)(H,35,36)/t18-,19+,20-,21?,22+,26-,27-,28-,29?,30+/m1/s1. The predicted octanol–water partition coefficient (Wildman–Crippen LogP) is 5.27. The van der Waals surface area contributed by atoms with E-state index in [9.17, 15) is 30.0 Å². The number of fused-ring (bicyclic) bond motifs is 7. The maximum atomic E-state index is 12.8. The van der Waals surface area contributed by atoms with Gasteiger partial charge in [-0.25, -0.2) is 0 Å². The third-order valence-corrected chi connectivity index (χ3v) is 13.1. The molecule has 5 rings (SSSR count). The fraction of sp³-hybridized carbons (Fsp3) is 0.867. The largest absolute Gasteiger partial charge is 0.481 e. The third-order valence-electron chi connectivity index (χ3n) is 13.1. The molecule has 0 aliphatic heterocycles. The minimum atomic E-state index is -1.39. The third kappa shape index (κ3) is 2.98. The Balaban J connectivity index is 1.62. The second kappa shape index (κ2) is 7.59. The molecule has 4 saturated carbocycles. The lowest BCUT2D eigenvalue weighted by molar-refractivity contribution is -0.239. The van der Waals surface area contributed by atoms with Crippen molar-refractivity contribution in [1.29, 1.82) is 0 Å². The van der Waals surface area contributed by atoms with Gasteiger partial charge in [-0.1, -0.05) is 46.3 Å². The molecule has 0 heterocycles. The van der Waals surface area contributed by atoms with Crippen LogP contribution >= 0.6 is 0 Å². The molecule has 6 heteroatoms. The quantitative estimate of drug-likeness (QED) is 0.383. The van der Waals surface area contributed by atoms with E-state index in [1.165, 1.54) is 5.57 Å². The summed E-state index contributed by atoms with van der Waals surface area (Å²) in [5, 5.41) is 42.6. The zero-order valence-electron chi connectivity index (χ0n) is 22.9. The second-order valence-electron chi connectivity index (χ2n) is 15.0. The maximum absolute atomic E-state index is 12.8. The van der Waals surface area contributed by atoms with Crippen LogP contribution in [0.5, 0.6) is 0 Å². The molecule has 0 spiro atoms. The van der Waals surface area contributed by atoms with Gasteiger partial charge in [0.1, 0.15) is 0 Å². The van der Waals surface area contributed by atoms with E-state index in [0.29, 0.717) is 19.3 Å². The average molecular weight is 503 g/mol. The van der Waals surface area contributed by atoms with Crippen molar-refractivity contribution < 1.29 is 30.0 Å². The Morgan fingerprint density at radius 1 is 0.833 bits per heavy atom. The average Bonchev–Trinajstić information content (AvgIpc) is 2.77. The van der Waals surface area contributed by atoms with Gasteiger partial charge in [-0.2, -0.15) is 0 Å². The summed E-state index contributed by atoms with van der Waals surface area (Å²) in [7, 11) is 0. The first-order valence-electron chi connectivity index (χ1n) is 14.0. The van der Waals surface area contributed by atoms with Crippen LogP contribution in [0.25, 0.3) is 0 Å². The fourth-order valence-electron chi connectivity index (χ4n) is 10.7. The van der Waals surface area contributed by atoms with Crippen molar-refractivity contribution in [1.82, 2.24) is 0 Å². The Morgan fingerprint density at radius 3 is 2.08 bits per heavy atom. The van der Waals surface area contributed by atoms with Gasteiger partial charge in [-0.15, -0.1) is 0 Å². The Morgan fingerprint density at radius 2 is 1.47 bits per heavy atom. The lowest BCUT2D eigenvalue weighted by atomic mass is 9.33. The summed E-state index contributed by atoms with van der Waals surface area (Å²) in [5.74, 6) is -1.71. The molecule has 6 nitrogen and oxygen atoms in total. The minimum Gasteiger partial charge on any atom is -0.481 e. The molecule has 202 valence electrons. The number of carbonyl (C=O) groups is 2. The predicted molar refractivity (Wildman–Crippen MR) is 136 cm³/mol. The van der Waals surface area contributed by atoms with Gasteiger partial charge in [0.25, 0.3) is 0 Å². The summed E-state index contributed by atoms with van der Waals surface area (Å²) in [6.07, 6.45) is 6.80. The van der Waals surface area contributed by atoms with E-state index in [1.807, 2.05) is 0 Å². The zero-order valence-corrected chi connectivity index (χ0v) is 22.9. The fourth-order valence-corrected chi connectivity index (χ4v) is 10.7.